The highest BCUT2D eigenvalue weighted by Gasteiger charge is 2.23. The molecule has 0 aromatic carbocycles. The smallest absolute Gasteiger partial charge is 0.246 e. The highest BCUT2D eigenvalue weighted by atomic mass is 16.5. The van der Waals surface area contributed by atoms with Gasteiger partial charge in [-0.25, -0.2) is 0 Å². The molecule has 1 rings (SSSR count). The number of hydrogen-bond acceptors (Lipinski definition) is 3. The minimum Gasteiger partial charge on any atom is -0.367 e. The Balaban J connectivity index is 2.25. The summed E-state index contributed by atoms with van der Waals surface area (Å²) < 4.78 is 5.54. The summed E-state index contributed by atoms with van der Waals surface area (Å²) in [6.07, 6.45) is 4.03. The molecule has 0 bridgehead atoms. The van der Waals surface area contributed by atoms with Crippen LogP contribution >= 0.6 is 0 Å². The number of primary amides is 1. The van der Waals surface area contributed by atoms with E-state index in [0.717, 1.165) is 25.7 Å². The molecule has 1 atom stereocenters. The van der Waals surface area contributed by atoms with Gasteiger partial charge in [-0.3, -0.25) is 4.79 Å². The Morgan fingerprint density at radius 2 is 2.00 bits per heavy atom. The zero-order chi connectivity index (χ0) is 10.6. The van der Waals surface area contributed by atoms with E-state index in [-0.39, 0.29) is 12.0 Å². The van der Waals surface area contributed by atoms with E-state index in [1.165, 1.54) is 0 Å². The Labute approximate surface area is 85.2 Å². The van der Waals surface area contributed by atoms with Gasteiger partial charge < -0.3 is 15.8 Å². The second-order valence-electron chi connectivity index (χ2n) is 3.94. The molecule has 3 N–H and O–H groups in total. The second-order valence-corrected chi connectivity index (χ2v) is 3.94. The first kappa shape index (κ1) is 11.5. The van der Waals surface area contributed by atoms with Gasteiger partial charge in [-0.1, -0.05) is 0 Å². The lowest BCUT2D eigenvalue weighted by Crippen LogP contribution is -2.37. The van der Waals surface area contributed by atoms with Gasteiger partial charge in [-0.15, -0.1) is 0 Å². The molecule has 0 aliphatic heterocycles. The van der Waals surface area contributed by atoms with E-state index in [9.17, 15) is 4.79 Å². The average Bonchev–Trinajstić information content (AvgIpc) is 2.19. The summed E-state index contributed by atoms with van der Waals surface area (Å²) in [7, 11) is 1.98. The molecule has 0 spiro atoms. The third-order valence-corrected chi connectivity index (χ3v) is 2.88. The molecule has 82 valence electrons. The third kappa shape index (κ3) is 3.27. The highest BCUT2D eigenvalue weighted by molar-refractivity contribution is 5.78. The molecular formula is C10H20N2O2. The predicted octanol–water partition coefficient (Wildman–Crippen LogP) is 0.407. The standard InChI is InChI=1S/C10H20N2O2/c1-7(10(11)13)14-9-5-3-8(12-2)4-6-9/h7-9,12H,3-6H2,1-2H3,(H2,11,13). The van der Waals surface area contributed by atoms with Gasteiger partial charge in [0.25, 0.3) is 0 Å². The summed E-state index contributed by atoms with van der Waals surface area (Å²) in [5.74, 6) is -0.374. The molecule has 4 nitrogen and oxygen atoms in total. The maximum atomic E-state index is 10.8. The van der Waals surface area contributed by atoms with Crippen LogP contribution in [0.25, 0.3) is 0 Å². The van der Waals surface area contributed by atoms with Crippen LogP contribution in [-0.2, 0) is 9.53 Å². The predicted molar refractivity (Wildman–Crippen MR) is 54.8 cm³/mol. The van der Waals surface area contributed by atoms with Crippen LogP contribution in [0.15, 0.2) is 0 Å². The fourth-order valence-electron chi connectivity index (χ4n) is 1.84. The van der Waals surface area contributed by atoms with Crippen molar-refractivity contribution in [3.63, 3.8) is 0 Å². The number of nitrogens with two attached hydrogens (primary N) is 1. The van der Waals surface area contributed by atoms with Crippen molar-refractivity contribution in [3.8, 4) is 0 Å². The molecule has 1 saturated carbocycles. The topological polar surface area (TPSA) is 64.3 Å². The molecule has 0 saturated heterocycles. The number of rotatable bonds is 4. The fraction of sp³-hybridized carbons (Fsp3) is 0.900. The lowest BCUT2D eigenvalue weighted by atomic mass is 9.93. The average molecular weight is 200 g/mol. The largest absolute Gasteiger partial charge is 0.367 e. The van der Waals surface area contributed by atoms with Crippen molar-refractivity contribution < 1.29 is 9.53 Å². The molecule has 1 fully saturated rings. The number of nitrogens with one attached hydrogen (secondary N) is 1. The molecule has 14 heavy (non-hydrogen) atoms. The fourth-order valence-corrected chi connectivity index (χ4v) is 1.84. The molecule has 1 unspecified atom stereocenters. The van der Waals surface area contributed by atoms with Gasteiger partial charge in [0.2, 0.25) is 5.91 Å². The Bertz CT molecular complexity index is 189. The zero-order valence-electron chi connectivity index (χ0n) is 8.95. The summed E-state index contributed by atoms with van der Waals surface area (Å²) in [5.41, 5.74) is 5.13. The van der Waals surface area contributed by atoms with Crippen LogP contribution in [0.2, 0.25) is 0 Å². The zero-order valence-corrected chi connectivity index (χ0v) is 8.95. The number of ether oxygens (including phenoxy) is 1. The van der Waals surface area contributed by atoms with Gasteiger partial charge in [0.1, 0.15) is 6.10 Å². The Hall–Kier alpha value is -0.610. The summed E-state index contributed by atoms with van der Waals surface area (Å²) >= 11 is 0. The van der Waals surface area contributed by atoms with Crippen molar-refractivity contribution in [2.45, 2.75) is 50.9 Å². The first-order valence-electron chi connectivity index (χ1n) is 5.25. The number of carbonyl (C=O) groups excluding carboxylic acids is 1. The maximum Gasteiger partial charge on any atom is 0.246 e. The van der Waals surface area contributed by atoms with Crippen molar-refractivity contribution in [1.82, 2.24) is 5.32 Å². The molecule has 0 heterocycles. The van der Waals surface area contributed by atoms with E-state index >= 15 is 0 Å². The van der Waals surface area contributed by atoms with Crippen LogP contribution in [-0.4, -0.2) is 31.2 Å². The van der Waals surface area contributed by atoms with Crippen molar-refractivity contribution in [3.05, 3.63) is 0 Å². The van der Waals surface area contributed by atoms with E-state index in [0.29, 0.717) is 6.04 Å². The van der Waals surface area contributed by atoms with Crippen molar-refractivity contribution in [2.75, 3.05) is 7.05 Å². The van der Waals surface area contributed by atoms with Crippen molar-refractivity contribution in [2.24, 2.45) is 5.73 Å². The SMILES string of the molecule is CNC1CCC(OC(C)C(N)=O)CC1. The molecule has 0 aromatic rings. The molecule has 4 heteroatoms. The summed E-state index contributed by atoms with van der Waals surface area (Å²) in [5, 5.41) is 3.25. The number of hydrogen-bond donors (Lipinski definition) is 2. The second kappa shape index (κ2) is 5.32. The van der Waals surface area contributed by atoms with E-state index < -0.39 is 6.10 Å². The van der Waals surface area contributed by atoms with Gasteiger partial charge in [-0.2, -0.15) is 0 Å². The minimum absolute atomic E-state index is 0.210. The lowest BCUT2D eigenvalue weighted by Gasteiger charge is -2.29. The number of amides is 1. The van der Waals surface area contributed by atoms with Crippen LogP contribution in [0.1, 0.15) is 32.6 Å². The molecule has 1 aliphatic rings. The van der Waals surface area contributed by atoms with Gasteiger partial charge in [-0.05, 0) is 39.7 Å². The Morgan fingerprint density at radius 3 is 2.43 bits per heavy atom. The van der Waals surface area contributed by atoms with Gasteiger partial charge in [0, 0.05) is 6.04 Å². The normalized spacial score (nSPS) is 29.9. The molecule has 0 radical (unpaired) electrons. The Kier molecular flexibility index (Phi) is 4.35. The van der Waals surface area contributed by atoms with Crippen LogP contribution in [0.4, 0.5) is 0 Å². The minimum atomic E-state index is -0.453. The van der Waals surface area contributed by atoms with Gasteiger partial charge in [0.15, 0.2) is 0 Å². The maximum absolute atomic E-state index is 10.8. The monoisotopic (exact) mass is 200 g/mol. The third-order valence-electron chi connectivity index (χ3n) is 2.88. The van der Waals surface area contributed by atoms with E-state index in [2.05, 4.69) is 5.32 Å². The van der Waals surface area contributed by atoms with Crippen molar-refractivity contribution >= 4 is 5.91 Å². The van der Waals surface area contributed by atoms with E-state index in [1.54, 1.807) is 6.92 Å². The van der Waals surface area contributed by atoms with Crippen LogP contribution in [0.5, 0.6) is 0 Å². The number of carbonyl (C=O) groups is 1. The van der Waals surface area contributed by atoms with Gasteiger partial charge >= 0.3 is 0 Å². The molecular weight excluding hydrogens is 180 g/mol. The van der Waals surface area contributed by atoms with Crippen LogP contribution in [0, 0.1) is 0 Å². The lowest BCUT2D eigenvalue weighted by molar-refractivity contribution is -0.133. The molecule has 1 amide bonds. The summed E-state index contributed by atoms with van der Waals surface area (Å²) in [4.78, 5) is 10.8. The summed E-state index contributed by atoms with van der Waals surface area (Å²) in [6, 6.07) is 0.610. The Morgan fingerprint density at radius 1 is 1.43 bits per heavy atom. The first-order valence-corrected chi connectivity index (χ1v) is 5.25. The molecule has 1 aliphatic carbocycles. The molecule has 0 aromatic heterocycles. The van der Waals surface area contributed by atoms with Gasteiger partial charge in [0.05, 0.1) is 6.10 Å². The quantitative estimate of drug-likeness (QED) is 0.690. The van der Waals surface area contributed by atoms with Crippen LogP contribution in [0.3, 0.4) is 0 Å². The van der Waals surface area contributed by atoms with E-state index in [4.69, 9.17) is 10.5 Å². The summed E-state index contributed by atoms with van der Waals surface area (Å²) in [6.45, 7) is 1.71. The van der Waals surface area contributed by atoms with Crippen molar-refractivity contribution in [1.29, 1.82) is 0 Å². The highest BCUT2D eigenvalue weighted by Crippen LogP contribution is 2.21. The van der Waals surface area contributed by atoms with Crippen LogP contribution < -0.4 is 11.1 Å². The van der Waals surface area contributed by atoms with E-state index in [1.807, 2.05) is 7.05 Å². The first-order chi connectivity index (χ1) is 6.63.